The summed E-state index contributed by atoms with van der Waals surface area (Å²) in [5.74, 6) is 1.26. The Hall–Kier alpha value is -2.66. The number of aromatic amines is 1. The number of carbonyl (C=O) groups is 1. The molecule has 1 aromatic heterocycles. The van der Waals surface area contributed by atoms with Crippen LogP contribution in [0.1, 0.15) is 16.1 Å². The van der Waals surface area contributed by atoms with Crippen molar-refractivity contribution in [2.75, 3.05) is 6.79 Å². The van der Waals surface area contributed by atoms with Crippen LogP contribution >= 0.6 is 11.6 Å². The van der Waals surface area contributed by atoms with Crippen LogP contribution in [-0.2, 0) is 6.54 Å². The van der Waals surface area contributed by atoms with Crippen molar-refractivity contribution >= 4 is 28.4 Å². The normalized spacial score (nSPS) is 12.6. The lowest BCUT2D eigenvalue weighted by molar-refractivity contribution is 0.0946. The summed E-state index contributed by atoms with van der Waals surface area (Å²) >= 11 is 5.95. The Morgan fingerprint density at radius 1 is 1.13 bits per heavy atom. The smallest absolute Gasteiger partial charge is 0.267 e. The van der Waals surface area contributed by atoms with Crippen LogP contribution in [-0.4, -0.2) is 17.7 Å². The molecule has 1 aliphatic heterocycles. The molecule has 0 bridgehead atoms. The second-order valence-corrected chi connectivity index (χ2v) is 5.72. The number of halogens is 1. The molecule has 23 heavy (non-hydrogen) atoms. The standard InChI is InChI=1S/C17H13ClN2O3/c18-12-3-2-11-6-14(20-13(11)7-12)17(21)19-8-10-1-4-15-16(5-10)23-9-22-15/h1-7,20H,8-9H2,(H,19,21). The molecule has 0 fully saturated rings. The number of benzene rings is 2. The van der Waals surface area contributed by atoms with Crippen LogP contribution in [0.5, 0.6) is 11.5 Å². The lowest BCUT2D eigenvalue weighted by Crippen LogP contribution is -2.23. The molecule has 1 aliphatic rings. The van der Waals surface area contributed by atoms with E-state index >= 15 is 0 Å². The molecule has 6 heteroatoms. The highest BCUT2D eigenvalue weighted by Crippen LogP contribution is 2.32. The summed E-state index contributed by atoms with van der Waals surface area (Å²) in [5, 5.41) is 4.46. The Morgan fingerprint density at radius 3 is 2.91 bits per heavy atom. The minimum Gasteiger partial charge on any atom is -0.454 e. The molecule has 2 aromatic carbocycles. The minimum absolute atomic E-state index is 0.171. The molecule has 5 nitrogen and oxygen atoms in total. The van der Waals surface area contributed by atoms with E-state index in [1.54, 1.807) is 18.2 Å². The highest BCUT2D eigenvalue weighted by Gasteiger charge is 2.14. The first-order chi connectivity index (χ1) is 11.2. The molecule has 3 aromatic rings. The quantitative estimate of drug-likeness (QED) is 0.773. The number of fused-ring (bicyclic) bond motifs is 2. The highest BCUT2D eigenvalue weighted by molar-refractivity contribution is 6.31. The van der Waals surface area contributed by atoms with E-state index in [1.807, 2.05) is 24.3 Å². The number of aromatic nitrogens is 1. The van der Waals surface area contributed by atoms with E-state index in [1.165, 1.54) is 0 Å². The van der Waals surface area contributed by atoms with E-state index in [0.29, 0.717) is 23.0 Å². The van der Waals surface area contributed by atoms with Gasteiger partial charge in [-0.2, -0.15) is 0 Å². The van der Waals surface area contributed by atoms with Gasteiger partial charge in [-0.3, -0.25) is 4.79 Å². The van der Waals surface area contributed by atoms with Crippen molar-refractivity contribution < 1.29 is 14.3 Å². The molecule has 2 heterocycles. The number of H-pyrrole nitrogens is 1. The molecule has 0 atom stereocenters. The zero-order valence-corrected chi connectivity index (χ0v) is 12.8. The van der Waals surface area contributed by atoms with E-state index in [-0.39, 0.29) is 12.7 Å². The largest absolute Gasteiger partial charge is 0.454 e. The van der Waals surface area contributed by atoms with Gasteiger partial charge >= 0.3 is 0 Å². The SMILES string of the molecule is O=C(NCc1ccc2c(c1)OCO2)c1cc2ccc(Cl)cc2[nH]1. The van der Waals surface area contributed by atoms with Crippen LogP contribution in [0.2, 0.25) is 5.02 Å². The molecule has 1 amide bonds. The van der Waals surface area contributed by atoms with Crippen LogP contribution in [0.25, 0.3) is 10.9 Å². The number of hydrogen-bond donors (Lipinski definition) is 2. The van der Waals surface area contributed by atoms with E-state index in [9.17, 15) is 4.79 Å². The van der Waals surface area contributed by atoms with Gasteiger partial charge in [0.25, 0.3) is 5.91 Å². The van der Waals surface area contributed by atoms with E-state index in [2.05, 4.69) is 10.3 Å². The number of amides is 1. The van der Waals surface area contributed by atoms with Gasteiger partial charge < -0.3 is 19.8 Å². The molecule has 0 saturated heterocycles. The molecule has 0 unspecified atom stereocenters. The molecule has 0 radical (unpaired) electrons. The van der Waals surface area contributed by atoms with Crippen molar-refractivity contribution in [2.24, 2.45) is 0 Å². The first-order valence-electron chi connectivity index (χ1n) is 7.14. The predicted molar refractivity (Wildman–Crippen MR) is 87.0 cm³/mol. The lowest BCUT2D eigenvalue weighted by atomic mass is 10.2. The highest BCUT2D eigenvalue weighted by atomic mass is 35.5. The monoisotopic (exact) mass is 328 g/mol. The Balaban J connectivity index is 1.48. The van der Waals surface area contributed by atoms with Gasteiger partial charge in [0.15, 0.2) is 11.5 Å². The van der Waals surface area contributed by atoms with Gasteiger partial charge in [0, 0.05) is 22.5 Å². The second-order valence-electron chi connectivity index (χ2n) is 5.28. The maximum atomic E-state index is 12.3. The summed E-state index contributed by atoms with van der Waals surface area (Å²) in [7, 11) is 0. The number of ether oxygens (including phenoxy) is 2. The summed E-state index contributed by atoms with van der Waals surface area (Å²) in [4.78, 5) is 15.3. The summed E-state index contributed by atoms with van der Waals surface area (Å²) in [6, 6.07) is 12.9. The molecule has 0 saturated carbocycles. The third-order valence-electron chi connectivity index (χ3n) is 3.72. The van der Waals surface area contributed by atoms with Crippen molar-refractivity contribution in [3.63, 3.8) is 0 Å². The zero-order chi connectivity index (χ0) is 15.8. The van der Waals surface area contributed by atoms with Crippen LogP contribution in [0, 0.1) is 0 Å². The van der Waals surface area contributed by atoms with Crippen LogP contribution in [0.15, 0.2) is 42.5 Å². The molecule has 0 aliphatic carbocycles. The van der Waals surface area contributed by atoms with Crippen LogP contribution in [0.4, 0.5) is 0 Å². The maximum Gasteiger partial charge on any atom is 0.267 e. The Bertz CT molecular complexity index is 904. The Morgan fingerprint density at radius 2 is 2.00 bits per heavy atom. The number of nitrogens with one attached hydrogen (secondary N) is 2. The van der Waals surface area contributed by atoms with Gasteiger partial charge in [-0.05, 0) is 35.9 Å². The molecule has 2 N–H and O–H groups in total. The van der Waals surface area contributed by atoms with Gasteiger partial charge in [0.2, 0.25) is 6.79 Å². The number of hydrogen-bond acceptors (Lipinski definition) is 3. The fourth-order valence-corrected chi connectivity index (χ4v) is 2.72. The van der Waals surface area contributed by atoms with Gasteiger partial charge in [-0.25, -0.2) is 0 Å². The molecular weight excluding hydrogens is 316 g/mol. The maximum absolute atomic E-state index is 12.3. The molecule has 0 spiro atoms. The summed E-state index contributed by atoms with van der Waals surface area (Å²) < 4.78 is 10.6. The van der Waals surface area contributed by atoms with Gasteiger partial charge in [0.05, 0.1) is 0 Å². The topological polar surface area (TPSA) is 63.4 Å². The number of rotatable bonds is 3. The van der Waals surface area contributed by atoms with E-state index in [0.717, 1.165) is 22.2 Å². The first-order valence-corrected chi connectivity index (χ1v) is 7.52. The summed E-state index contributed by atoms with van der Waals surface area (Å²) in [6.45, 7) is 0.647. The average molecular weight is 329 g/mol. The summed E-state index contributed by atoms with van der Waals surface area (Å²) in [6.07, 6.45) is 0. The Kier molecular flexibility index (Phi) is 3.35. The third kappa shape index (κ3) is 2.71. The van der Waals surface area contributed by atoms with Crippen LogP contribution < -0.4 is 14.8 Å². The Labute approximate surface area is 137 Å². The van der Waals surface area contributed by atoms with Crippen molar-refractivity contribution in [1.82, 2.24) is 10.3 Å². The summed E-state index contributed by atoms with van der Waals surface area (Å²) in [5.41, 5.74) is 2.29. The zero-order valence-electron chi connectivity index (χ0n) is 12.1. The van der Waals surface area contributed by atoms with Crippen molar-refractivity contribution in [3.05, 3.63) is 58.7 Å². The molecule has 116 valence electrons. The first kappa shape index (κ1) is 14.0. The van der Waals surface area contributed by atoms with E-state index < -0.39 is 0 Å². The van der Waals surface area contributed by atoms with Crippen molar-refractivity contribution in [2.45, 2.75) is 6.54 Å². The number of carbonyl (C=O) groups excluding carboxylic acids is 1. The fraction of sp³-hybridized carbons (Fsp3) is 0.118. The van der Waals surface area contributed by atoms with Crippen LogP contribution in [0.3, 0.4) is 0 Å². The third-order valence-corrected chi connectivity index (χ3v) is 3.95. The second kappa shape index (κ2) is 5.52. The average Bonchev–Trinajstić information content (AvgIpc) is 3.17. The van der Waals surface area contributed by atoms with Gasteiger partial charge in [-0.1, -0.05) is 23.7 Å². The van der Waals surface area contributed by atoms with Gasteiger partial charge in [-0.15, -0.1) is 0 Å². The van der Waals surface area contributed by atoms with Crippen molar-refractivity contribution in [1.29, 1.82) is 0 Å². The molecular formula is C17H13ClN2O3. The van der Waals surface area contributed by atoms with Gasteiger partial charge in [0.1, 0.15) is 5.69 Å². The molecule has 4 rings (SSSR count). The predicted octanol–water partition coefficient (Wildman–Crippen LogP) is 3.48. The fourth-order valence-electron chi connectivity index (χ4n) is 2.55. The van der Waals surface area contributed by atoms with Crippen molar-refractivity contribution in [3.8, 4) is 11.5 Å². The lowest BCUT2D eigenvalue weighted by Gasteiger charge is -2.05. The minimum atomic E-state index is -0.171. The van der Waals surface area contributed by atoms with E-state index in [4.69, 9.17) is 21.1 Å².